The molecule has 1 N–H and O–H groups in total. The monoisotopic (exact) mass is 343 g/mol. The van der Waals surface area contributed by atoms with Crippen molar-refractivity contribution >= 4 is 15.9 Å². The highest BCUT2D eigenvalue weighted by molar-refractivity contribution is 9.10. The fourth-order valence-electron chi connectivity index (χ4n) is 3.29. The predicted octanol–water partition coefficient (Wildman–Crippen LogP) is 4.75. The van der Waals surface area contributed by atoms with Crippen molar-refractivity contribution in [1.82, 2.24) is 5.32 Å². The number of fused-ring (bicyclic) bond motifs is 1. The summed E-state index contributed by atoms with van der Waals surface area (Å²) in [4.78, 5) is 0. The van der Waals surface area contributed by atoms with Gasteiger partial charge >= 0.3 is 0 Å². The first-order chi connectivity index (χ1) is 10.2. The summed E-state index contributed by atoms with van der Waals surface area (Å²) >= 11 is 3.74. The number of nitrogens with one attached hydrogen (secondary N) is 1. The van der Waals surface area contributed by atoms with Crippen LogP contribution in [0.15, 0.2) is 40.9 Å². The van der Waals surface area contributed by atoms with E-state index < -0.39 is 0 Å². The van der Waals surface area contributed by atoms with Gasteiger partial charge in [0, 0.05) is 10.5 Å². The first-order valence-corrected chi connectivity index (χ1v) is 8.51. The second-order valence-corrected chi connectivity index (χ2v) is 6.77. The van der Waals surface area contributed by atoms with Crippen LogP contribution in [0.4, 0.5) is 0 Å². The number of hydrogen-bond acceptors (Lipinski definition) is 1. The molecule has 0 spiro atoms. The number of likely N-dealkylation sites (N-methyl/N-ethyl adjacent to an activating group) is 1. The van der Waals surface area contributed by atoms with E-state index in [0.717, 1.165) is 6.42 Å². The number of hydrogen-bond donors (Lipinski definition) is 1. The number of aryl methyl sites for hydroxylation is 3. The fourth-order valence-corrected chi connectivity index (χ4v) is 3.84. The molecular formula is C19H22BrN. The first-order valence-electron chi connectivity index (χ1n) is 7.72. The molecule has 0 heterocycles. The fraction of sp³-hybridized carbons (Fsp3) is 0.368. The molecule has 2 heteroatoms. The average Bonchev–Trinajstić information content (AvgIpc) is 2.95. The molecule has 1 aliphatic rings. The van der Waals surface area contributed by atoms with Gasteiger partial charge in [0.05, 0.1) is 0 Å². The molecule has 21 heavy (non-hydrogen) atoms. The van der Waals surface area contributed by atoms with E-state index in [0.29, 0.717) is 6.04 Å². The highest BCUT2D eigenvalue weighted by Crippen LogP contribution is 2.30. The van der Waals surface area contributed by atoms with E-state index in [1.165, 1.54) is 40.4 Å². The van der Waals surface area contributed by atoms with Crippen molar-refractivity contribution in [3.8, 4) is 0 Å². The Bertz CT molecular complexity index is 648. The van der Waals surface area contributed by atoms with Crippen molar-refractivity contribution in [2.24, 2.45) is 0 Å². The lowest BCUT2D eigenvalue weighted by atomic mass is 9.96. The van der Waals surface area contributed by atoms with Crippen LogP contribution in [0.1, 0.15) is 40.3 Å². The summed E-state index contributed by atoms with van der Waals surface area (Å²) in [7, 11) is 2.05. The molecule has 1 aliphatic carbocycles. The van der Waals surface area contributed by atoms with E-state index in [2.05, 4.69) is 64.6 Å². The van der Waals surface area contributed by atoms with Gasteiger partial charge in [-0.25, -0.2) is 0 Å². The zero-order valence-electron chi connectivity index (χ0n) is 12.7. The van der Waals surface area contributed by atoms with Crippen LogP contribution in [0.25, 0.3) is 0 Å². The van der Waals surface area contributed by atoms with E-state index in [1.54, 1.807) is 11.1 Å². The molecule has 1 unspecified atom stereocenters. The van der Waals surface area contributed by atoms with Gasteiger partial charge in [-0.2, -0.15) is 0 Å². The van der Waals surface area contributed by atoms with Gasteiger partial charge in [0.15, 0.2) is 0 Å². The van der Waals surface area contributed by atoms with E-state index in [1.807, 2.05) is 7.05 Å². The predicted molar refractivity (Wildman–Crippen MR) is 92.9 cm³/mol. The van der Waals surface area contributed by atoms with Crippen LogP contribution in [-0.2, 0) is 19.3 Å². The second-order valence-electron chi connectivity index (χ2n) is 5.98. The molecule has 3 rings (SSSR count). The third-order valence-corrected chi connectivity index (χ3v) is 5.63. The Morgan fingerprint density at radius 2 is 1.95 bits per heavy atom. The van der Waals surface area contributed by atoms with Crippen LogP contribution in [0.3, 0.4) is 0 Å². The van der Waals surface area contributed by atoms with Crippen molar-refractivity contribution in [2.75, 3.05) is 7.05 Å². The summed E-state index contributed by atoms with van der Waals surface area (Å²) in [5.41, 5.74) is 7.19. The minimum absolute atomic E-state index is 0.346. The Kier molecular flexibility index (Phi) is 4.46. The zero-order chi connectivity index (χ0) is 14.8. The van der Waals surface area contributed by atoms with Gasteiger partial charge < -0.3 is 5.32 Å². The molecule has 0 bridgehead atoms. The topological polar surface area (TPSA) is 12.0 Å². The Labute approximate surface area is 135 Å². The maximum Gasteiger partial charge on any atom is 0.0369 e. The minimum atomic E-state index is 0.346. The minimum Gasteiger partial charge on any atom is -0.313 e. The van der Waals surface area contributed by atoms with E-state index in [-0.39, 0.29) is 0 Å². The van der Waals surface area contributed by atoms with Crippen molar-refractivity contribution in [3.63, 3.8) is 0 Å². The van der Waals surface area contributed by atoms with E-state index in [9.17, 15) is 0 Å². The molecule has 0 aliphatic heterocycles. The molecule has 0 saturated carbocycles. The summed E-state index contributed by atoms with van der Waals surface area (Å²) in [6, 6.07) is 13.9. The Morgan fingerprint density at radius 1 is 1.14 bits per heavy atom. The SMILES string of the molecule is CNC(Cc1ccc2c(c1)CCC2)c1cccc(C)c1Br. The van der Waals surface area contributed by atoms with Crippen LogP contribution in [0.5, 0.6) is 0 Å². The second kappa shape index (κ2) is 6.33. The van der Waals surface area contributed by atoms with Gasteiger partial charge in [-0.15, -0.1) is 0 Å². The quantitative estimate of drug-likeness (QED) is 0.844. The van der Waals surface area contributed by atoms with Crippen molar-refractivity contribution in [3.05, 3.63) is 68.7 Å². The molecule has 1 nitrogen and oxygen atoms in total. The lowest BCUT2D eigenvalue weighted by Gasteiger charge is -2.20. The third kappa shape index (κ3) is 3.07. The van der Waals surface area contributed by atoms with E-state index >= 15 is 0 Å². The van der Waals surface area contributed by atoms with Gasteiger partial charge in [0.2, 0.25) is 0 Å². The van der Waals surface area contributed by atoms with Gasteiger partial charge in [0.1, 0.15) is 0 Å². The molecule has 0 radical (unpaired) electrons. The molecule has 1 atom stereocenters. The molecule has 110 valence electrons. The third-order valence-electron chi connectivity index (χ3n) is 4.55. The highest BCUT2D eigenvalue weighted by Gasteiger charge is 2.16. The van der Waals surface area contributed by atoms with Crippen molar-refractivity contribution in [2.45, 2.75) is 38.6 Å². The van der Waals surface area contributed by atoms with Crippen LogP contribution in [0.2, 0.25) is 0 Å². The molecule has 0 amide bonds. The van der Waals surface area contributed by atoms with Crippen molar-refractivity contribution < 1.29 is 0 Å². The number of benzene rings is 2. The first kappa shape index (κ1) is 14.8. The van der Waals surface area contributed by atoms with E-state index in [4.69, 9.17) is 0 Å². The number of halogens is 1. The Balaban J connectivity index is 1.86. The van der Waals surface area contributed by atoms with Crippen LogP contribution in [-0.4, -0.2) is 7.05 Å². The van der Waals surface area contributed by atoms with Gasteiger partial charge in [0.25, 0.3) is 0 Å². The van der Waals surface area contributed by atoms with Crippen LogP contribution >= 0.6 is 15.9 Å². The summed E-state index contributed by atoms with van der Waals surface area (Å²) in [5.74, 6) is 0. The maximum atomic E-state index is 3.74. The Morgan fingerprint density at radius 3 is 2.76 bits per heavy atom. The lowest BCUT2D eigenvalue weighted by Crippen LogP contribution is -2.19. The zero-order valence-corrected chi connectivity index (χ0v) is 14.3. The van der Waals surface area contributed by atoms with Crippen LogP contribution in [0, 0.1) is 6.92 Å². The van der Waals surface area contributed by atoms with Crippen molar-refractivity contribution in [1.29, 1.82) is 0 Å². The number of rotatable bonds is 4. The maximum absolute atomic E-state index is 3.74. The molecule has 0 fully saturated rings. The lowest BCUT2D eigenvalue weighted by molar-refractivity contribution is 0.589. The smallest absolute Gasteiger partial charge is 0.0369 e. The summed E-state index contributed by atoms with van der Waals surface area (Å²) in [5, 5.41) is 3.47. The van der Waals surface area contributed by atoms with Gasteiger partial charge in [-0.05, 0) is 67.5 Å². The molecular weight excluding hydrogens is 322 g/mol. The highest BCUT2D eigenvalue weighted by atomic mass is 79.9. The molecule has 2 aromatic carbocycles. The van der Waals surface area contributed by atoms with Crippen LogP contribution < -0.4 is 5.32 Å². The van der Waals surface area contributed by atoms with Gasteiger partial charge in [-0.1, -0.05) is 52.3 Å². The molecule has 2 aromatic rings. The summed E-state index contributed by atoms with van der Waals surface area (Å²) < 4.78 is 1.23. The summed E-state index contributed by atoms with van der Waals surface area (Å²) in [6.07, 6.45) is 4.86. The Hall–Kier alpha value is -1.12. The molecule has 0 saturated heterocycles. The largest absolute Gasteiger partial charge is 0.313 e. The van der Waals surface area contributed by atoms with Gasteiger partial charge in [-0.3, -0.25) is 0 Å². The standard InChI is InChI=1S/C19H22BrN/c1-13-5-3-8-17(19(13)20)18(21-2)12-14-9-10-15-6-4-7-16(15)11-14/h3,5,8-11,18,21H,4,6-7,12H2,1-2H3. The summed E-state index contributed by atoms with van der Waals surface area (Å²) in [6.45, 7) is 2.15. The normalized spacial score (nSPS) is 15.0. The molecule has 0 aromatic heterocycles. The average molecular weight is 344 g/mol.